The molecule has 0 radical (unpaired) electrons. The van der Waals surface area contributed by atoms with Crippen LogP contribution in [0.1, 0.15) is 29.2 Å². The first-order valence-electron chi connectivity index (χ1n) is 5.78. The maximum Gasteiger partial charge on any atom is 0.00411 e. The van der Waals surface area contributed by atoms with E-state index in [1.165, 1.54) is 22.3 Å². The van der Waals surface area contributed by atoms with Gasteiger partial charge in [0.15, 0.2) is 0 Å². The first-order chi connectivity index (χ1) is 8.01. The fourth-order valence-corrected chi connectivity index (χ4v) is 1.99. The highest BCUT2D eigenvalue weighted by atomic mass is 14.8. The SMILES string of the molecule is C=C/C(=C\NC)c1cc(C)c(C(=C)C)cc1C. The summed E-state index contributed by atoms with van der Waals surface area (Å²) in [6, 6.07) is 4.39. The molecular weight excluding hydrogens is 206 g/mol. The molecular formula is C16H21N. The van der Waals surface area contributed by atoms with Crippen molar-refractivity contribution in [2.75, 3.05) is 7.05 Å². The van der Waals surface area contributed by atoms with E-state index in [4.69, 9.17) is 0 Å². The minimum atomic E-state index is 1.11. The molecule has 1 rings (SSSR count). The van der Waals surface area contributed by atoms with Crippen LogP contribution in [0.2, 0.25) is 0 Å². The van der Waals surface area contributed by atoms with Crippen LogP contribution >= 0.6 is 0 Å². The van der Waals surface area contributed by atoms with Crippen LogP contribution in [0, 0.1) is 13.8 Å². The van der Waals surface area contributed by atoms with Crippen LogP contribution in [0.4, 0.5) is 0 Å². The lowest BCUT2D eigenvalue weighted by Gasteiger charge is -2.13. The molecule has 0 unspecified atom stereocenters. The Morgan fingerprint density at radius 2 is 1.71 bits per heavy atom. The summed E-state index contributed by atoms with van der Waals surface area (Å²) in [6.45, 7) is 14.1. The zero-order chi connectivity index (χ0) is 13.0. The van der Waals surface area contributed by atoms with Crippen molar-refractivity contribution in [2.24, 2.45) is 0 Å². The van der Waals surface area contributed by atoms with Crippen molar-refractivity contribution in [3.05, 3.63) is 59.8 Å². The molecule has 0 aliphatic carbocycles. The molecule has 0 aromatic heterocycles. The average Bonchev–Trinajstić information content (AvgIpc) is 2.28. The topological polar surface area (TPSA) is 12.0 Å². The van der Waals surface area contributed by atoms with E-state index in [1.54, 1.807) is 0 Å². The second kappa shape index (κ2) is 5.53. The quantitative estimate of drug-likeness (QED) is 0.764. The summed E-state index contributed by atoms with van der Waals surface area (Å²) in [6.07, 6.45) is 3.84. The minimum absolute atomic E-state index is 1.11. The van der Waals surface area contributed by atoms with Crippen molar-refractivity contribution in [1.29, 1.82) is 0 Å². The Balaban J connectivity index is 3.38. The van der Waals surface area contributed by atoms with Gasteiger partial charge in [0.05, 0.1) is 0 Å². The van der Waals surface area contributed by atoms with Gasteiger partial charge in [0.25, 0.3) is 0 Å². The van der Waals surface area contributed by atoms with Crippen molar-refractivity contribution in [3.8, 4) is 0 Å². The first kappa shape index (κ1) is 13.3. The van der Waals surface area contributed by atoms with E-state index in [1.807, 2.05) is 26.2 Å². The number of aryl methyl sites for hydroxylation is 2. The number of allylic oxidation sites excluding steroid dienone is 3. The monoisotopic (exact) mass is 227 g/mol. The van der Waals surface area contributed by atoms with Gasteiger partial charge in [0.1, 0.15) is 0 Å². The molecule has 0 heterocycles. The number of hydrogen-bond donors (Lipinski definition) is 1. The lowest BCUT2D eigenvalue weighted by molar-refractivity contribution is 1.10. The van der Waals surface area contributed by atoms with Gasteiger partial charge in [-0.1, -0.05) is 36.9 Å². The fourth-order valence-electron chi connectivity index (χ4n) is 1.99. The number of nitrogens with one attached hydrogen (secondary N) is 1. The van der Waals surface area contributed by atoms with E-state index >= 15 is 0 Å². The smallest absolute Gasteiger partial charge is 0.00411 e. The molecule has 1 nitrogen and oxygen atoms in total. The molecule has 1 heteroatoms. The van der Waals surface area contributed by atoms with Crippen LogP contribution in [0.5, 0.6) is 0 Å². The molecule has 0 fully saturated rings. The predicted octanol–water partition coefficient (Wildman–Crippen LogP) is 4.08. The number of rotatable bonds is 4. The highest BCUT2D eigenvalue weighted by Crippen LogP contribution is 2.26. The molecule has 90 valence electrons. The second-order valence-electron chi connectivity index (χ2n) is 4.35. The van der Waals surface area contributed by atoms with Crippen LogP contribution in [-0.2, 0) is 0 Å². The Bertz CT molecular complexity index is 479. The van der Waals surface area contributed by atoms with Crippen molar-refractivity contribution >= 4 is 11.1 Å². The molecule has 0 atom stereocenters. The number of benzene rings is 1. The Morgan fingerprint density at radius 1 is 1.18 bits per heavy atom. The zero-order valence-corrected chi connectivity index (χ0v) is 11.2. The van der Waals surface area contributed by atoms with Crippen molar-refractivity contribution in [1.82, 2.24) is 5.32 Å². The van der Waals surface area contributed by atoms with E-state index in [9.17, 15) is 0 Å². The van der Waals surface area contributed by atoms with Gasteiger partial charge in [0.2, 0.25) is 0 Å². The highest BCUT2D eigenvalue weighted by molar-refractivity contribution is 5.78. The molecule has 0 saturated carbocycles. The Hall–Kier alpha value is -1.76. The molecule has 17 heavy (non-hydrogen) atoms. The number of hydrogen-bond acceptors (Lipinski definition) is 1. The van der Waals surface area contributed by atoms with E-state index in [-0.39, 0.29) is 0 Å². The van der Waals surface area contributed by atoms with Crippen LogP contribution in [0.15, 0.2) is 37.6 Å². The van der Waals surface area contributed by atoms with Gasteiger partial charge in [-0.25, -0.2) is 0 Å². The first-order valence-corrected chi connectivity index (χ1v) is 5.78. The van der Waals surface area contributed by atoms with E-state index in [2.05, 4.69) is 44.5 Å². The average molecular weight is 227 g/mol. The third-order valence-corrected chi connectivity index (χ3v) is 2.86. The molecule has 0 spiro atoms. The summed E-state index contributed by atoms with van der Waals surface area (Å²) in [4.78, 5) is 0. The zero-order valence-electron chi connectivity index (χ0n) is 11.2. The minimum Gasteiger partial charge on any atom is -0.393 e. The molecule has 1 aromatic carbocycles. The Kier molecular flexibility index (Phi) is 4.33. The second-order valence-corrected chi connectivity index (χ2v) is 4.35. The molecule has 0 aliphatic heterocycles. The predicted molar refractivity (Wildman–Crippen MR) is 77.9 cm³/mol. The van der Waals surface area contributed by atoms with Gasteiger partial charge in [-0.2, -0.15) is 0 Å². The van der Waals surface area contributed by atoms with Crippen molar-refractivity contribution in [2.45, 2.75) is 20.8 Å². The van der Waals surface area contributed by atoms with Crippen LogP contribution < -0.4 is 5.32 Å². The molecule has 0 saturated heterocycles. The summed E-state index contributed by atoms with van der Waals surface area (Å²) in [5.41, 5.74) is 7.17. The summed E-state index contributed by atoms with van der Waals surface area (Å²) >= 11 is 0. The normalized spacial score (nSPS) is 11.2. The maximum absolute atomic E-state index is 4.01. The van der Waals surface area contributed by atoms with E-state index < -0.39 is 0 Å². The standard InChI is InChI=1S/C16H21N/c1-7-14(10-17-6)16-9-12(4)15(11(2)3)8-13(16)5/h7-10,17H,1-2H2,3-6H3/b14-10+. The molecule has 1 N–H and O–H groups in total. The van der Waals surface area contributed by atoms with Gasteiger partial charge in [-0.05, 0) is 48.6 Å². The summed E-state index contributed by atoms with van der Waals surface area (Å²) in [5, 5.41) is 3.05. The summed E-state index contributed by atoms with van der Waals surface area (Å²) < 4.78 is 0. The van der Waals surface area contributed by atoms with Gasteiger partial charge in [-0.3, -0.25) is 0 Å². The van der Waals surface area contributed by atoms with Gasteiger partial charge in [-0.15, -0.1) is 0 Å². The third-order valence-electron chi connectivity index (χ3n) is 2.86. The largest absolute Gasteiger partial charge is 0.393 e. The van der Waals surface area contributed by atoms with Gasteiger partial charge >= 0.3 is 0 Å². The van der Waals surface area contributed by atoms with Crippen molar-refractivity contribution in [3.63, 3.8) is 0 Å². The molecule has 0 amide bonds. The van der Waals surface area contributed by atoms with Crippen molar-refractivity contribution < 1.29 is 0 Å². The lowest BCUT2D eigenvalue weighted by atomic mass is 9.93. The summed E-state index contributed by atoms with van der Waals surface area (Å²) in [5.74, 6) is 0. The van der Waals surface area contributed by atoms with E-state index in [0.29, 0.717) is 0 Å². The Morgan fingerprint density at radius 3 is 2.18 bits per heavy atom. The van der Waals surface area contributed by atoms with Crippen LogP contribution in [-0.4, -0.2) is 7.05 Å². The molecule has 0 aliphatic rings. The molecule has 1 aromatic rings. The van der Waals surface area contributed by atoms with Gasteiger partial charge < -0.3 is 5.32 Å². The lowest BCUT2D eigenvalue weighted by Crippen LogP contribution is -1.98. The highest BCUT2D eigenvalue weighted by Gasteiger charge is 2.07. The van der Waals surface area contributed by atoms with E-state index in [0.717, 1.165) is 11.1 Å². The third kappa shape index (κ3) is 2.88. The summed E-state index contributed by atoms with van der Waals surface area (Å²) in [7, 11) is 1.90. The molecule has 0 bridgehead atoms. The fraction of sp³-hybridized carbons (Fsp3) is 0.250. The van der Waals surface area contributed by atoms with Gasteiger partial charge in [0, 0.05) is 13.2 Å². The maximum atomic E-state index is 4.01. The van der Waals surface area contributed by atoms with Crippen LogP contribution in [0.25, 0.3) is 11.1 Å². The van der Waals surface area contributed by atoms with Crippen LogP contribution in [0.3, 0.4) is 0 Å². The Labute approximate surface area is 105 Å².